The molecule has 2 rings (SSSR count). The summed E-state index contributed by atoms with van der Waals surface area (Å²) in [6, 6.07) is 7.04. The quantitative estimate of drug-likeness (QED) is 0.814. The van der Waals surface area contributed by atoms with Crippen LogP contribution in [-0.2, 0) is 9.53 Å². The Morgan fingerprint density at radius 3 is 2.52 bits per heavy atom. The van der Waals surface area contributed by atoms with Crippen molar-refractivity contribution in [2.75, 3.05) is 12.4 Å². The van der Waals surface area contributed by atoms with Crippen molar-refractivity contribution in [3.05, 3.63) is 58.6 Å². The third kappa shape index (κ3) is 4.67. The van der Waals surface area contributed by atoms with Crippen LogP contribution in [0, 0.1) is 11.6 Å². The Labute approximate surface area is 147 Å². The van der Waals surface area contributed by atoms with Crippen molar-refractivity contribution in [2.24, 2.45) is 0 Å². The van der Waals surface area contributed by atoms with Crippen molar-refractivity contribution in [1.82, 2.24) is 0 Å². The van der Waals surface area contributed by atoms with Crippen LogP contribution in [0.3, 0.4) is 0 Å². The molecule has 0 aliphatic rings. The summed E-state index contributed by atoms with van der Waals surface area (Å²) in [5.41, 5.74) is -0.183. The Morgan fingerprint density at radius 2 is 1.88 bits per heavy atom. The molecule has 1 unspecified atom stereocenters. The fourth-order valence-corrected chi connectivity index (χ4v) is 2.11. The van der Waals surface area contributed by atoms with Crippen molar-refractivity contribution >= 4 is 29.2 Å². The van der Waals surface area contributed by atoms with Gasteiger partial charge in [-0.3, -0.25) is 4.79 Å². The standard InChI is InChI=1S/C17H14ClF2NO4/c1-9(16(22)21-14-5-4-11(19)8-13(14)20)25-17(23)12-7-10(18)3-6-15(12)24-2/h3-9H,1-2H3,(H,21,22). The Morgan fingerprint density at radius 1 is 1.16 bits per heavy atom. The third-order valence-electron chi connectivity index (χ3n) is 3.22. The molecule has 2 aromatic carbocycles. The van der Waals surface area contributed by atoms with E-state index in [0.717, 1.165) is 12.1 Å². The van der Waals surface area contributed by atoms with Gasteiger partial charge in [-0.15, -0.1) is 0 Å². The molecule has 8 heteroatoms. The lowest BCUT2D eigenvalue weighted by Crippen LogP contribution is -2.30. The van der Waals surface area contributed by atoms with Crippen LogP contribution in [0.2, 0.25) is 5.02 Å². The van der Waals surface area contributed by atoms with Gasteiger partial charge in [0, 0.05) is 11.1 Å². The van der Waals surface area contributed by atoms with E-state index in [-0.39, 0.29) is 17.0 Å². The molecule has 1 amide bonds. The van der Waals surface area contributed by atoms with Gasteiger partial charge in [-0.2, -0.15) is 0 Å². The highest BCUT2D eigenvalue weighted by Crippen LogP contribution is 2.24. The second-order valence-corrected chi connectivity index (χ2v) is 5.44. The lowest BCUT2D eigenvalue weighted by atomic mass is 10.2. The number of hydrogen-bond acceptors (Lipinski definition) is 4. The summed E-state index contributed by atoms with van der Waals surface area (Å²) >= 11 is 5.84. The fourth-order valence-electron chi connectivity index (χ4n) is 1.94. The highest BCUT2D eigenvalue weighted by Gasteiger charge is 2.22. The number of carbonyl (C=O) groups excluding carboxylic acids is 2. The largest absolute Gasteiger partial charge is 0.496 e. The maximum atomic E-state index is 13.6. The van der Waals surface area contributed by atoms with Gasteiger partial charge in [0.2, 0.25) is 0 Å². The van der Waals surface area contributed by atoms with Crippen LogP contribution < -0.4 is 10.1 Å². The van der Waals surface area contributed by atoms with E-state index in [1.54, 1.807) is 0 Å². The molecule has 1 atom stereocenters. The van der Waals surface area contributed by atoms with E-state index in [1.807, 2.05) is 0 Å². The molecule has 0 heterocycles. The van der Waals surface area contributed by atoms with Gasteiger partial charge < -0.3 is 14.8 Å². The molecule has 0 bridgehead atoms. The first kappa shape index (κ1) is 18.7. The second kappa shape index (κ2) is 7.94. The van der Waals surface area contributed by atoms with Gasteiger partial charge in [-0.05, 0) is 37.3 Å². The van der Waals surface area contributed by atoms with E-state index in [9.17, 15) is 18.4 Å². The van der Waals surface area contributed by atoms with Crippen molar-refractivity contribution < 1.29 is 27.8 Å². The number of amides is 1. The maximum Gasteiger partial charge on any atom is 0.342 e. The van der Waals surface area contributed by atoms with Crippen LogP contribution in [0.5, 0.6) is 5.75 Å². The summed E-state index contributed by atoms with van der Waals surface area (Å²) in [7, 11) is 1.37. The topological polar surface area (TPSA) is 64.6 Å². The first-order chi connectivity index (χ1) is 11.8. The zero-order valence-electron chi connectivity index (χ0n) is 13.3. The summed E-state index contributed by atoms with van der Waals surface area (Å²) in [5, 5.41) is 2.51. The van der Waals surface area contributed by atoms with Crippen LogP contribution in [0.15, 0.2) is 36.4 Å². The normalized spacial score (nSPS) is 11.6. The summed E-state index contributed by atoms with van der Waals surface area (Å²) in [6.07, 6.45) is -1.24. The highest BCUT2D eigenvalue weighted by atomic mass is 35.5. The minimum absolute atomic E-state index is 0.0441. The lowest BCUT2D eigenvalue weighted by molar-refractivity contribution is -0.123. The number of methoxy groups -OCH3 is 1. The molecule has 0 spiro atoms. The highest BCUT2D eigenvalue weighted by molar-refractivity contribution is 6.31. The number of benzene rings is 2. The molecule has 0 aliphatic carbocycles. The van der Waals surface area contributed by atoms with Gasteiger partial charge in [-0.1, -0.05) is 11.6 Å². The lowest BCUT2D eigenvalue weighted by Gasteiger charge is -2.15. The predicted molar refractivity (Wildman–Crippen MR) is 87.9 cm³/mol. The molecular formula is C17H14ClF2NO4. The van der Waals surface area contributed by atoms with Gasteiger partial charge in [0.25, 0.3) is 5.91 Å². The number of hydrogen-bond donors (Lipinski definition) is 1. The molecule has 5 nitrogen and oxygen atoms in total. The Balaban J connectivity index is 2.08. The van der Waals surface area contributed by atoms with Crippen LogP contribution in [0.4, 0.5) is 14.5 Å². The average molecular weight is 370 g/mol. The number of rotatable bonds is 5. The van der Waals surface area contributed by atoms with E-state index < -0.39 is 29.6 Å². The molecular weight excluding hydrogens is 356 g/mol. The molecule has 0 fully saturated rings. The zero-order chi connectivity index (χ0) is 18.6. The minimum Gasteiger partial charge on any atom is -0.496 e. The molecule has 1 N–H and O–H groups in total. The predicted octanol–water partition coefficient (Wildman–Crippen LogP) is 3.81. The molecule has 0 aromatic heterocycles. The minimum atomic E-state index is -1.24. The Bertz CT molecular complexity index is 813. The Hall–Kier alpha value is -2.67. The fraction of sp³-hybridized carbons (Fsp3) is 0.176. The first-order valence-corrected chi connectivity index (χ1v) is 7.50. The summed E-state index contributed by atoms with van der Waals surface area (Å²) in [4.78, 5) is 24.2. The van der Waals surface area contributed by atoms with Gasteiger partial charge in [0.05, 0.1) is 12.8 Å². The van der Waals surface area contributed by atoms with Crippen LogP contribution >= 0.6 is 11.6 Å². The molecule has 0 saturated heterocycles. The van der Waals surface area contributed by atoms with E-state index in [2.05, 4.69) is 5.32 Å². The molecule has 132 valence electrons. The maximum absolute atomic E-state index is 13.6. The second-order valence-electron chi connectivity index (χ2n) is 5.01. The number of nitrogens with one attached hydrogen (secondary N) is 1. The number of carbonyl (C=O) groups is 2. The SMILES string of the molecule is COc1ccc(Cl)cc1C(=O)OC(C)C(=O)Nc1ccc(F)cc1F. The zero-order valence-corrected chi connectivity index (χ0v) is 14.1. The van der Waals surface area contributed by atoms with Gasteiger partial charge in [-0.25, -0.2) is 13.6 Å². The molecule has 25 heavy (non-hydrogen) atoms. The third-order valence-corrected chi connectivity index (χ3v) is 3.46. The van der Waals surface area contributed by atoms with E-state index in [1.165, 1.54) is 32.2 Å². The van der Waals surface area contributed by atoms with E-state index >= 15 is 0 Å². The first-order valence-electron chi connectivity index (χ1n) is 7.12. The summed E-state index contributed by atoms with van der Waals surface area (Å²) in [6.45, 7) is 1.31. The van der Waals surface area contributed by atoms with Crippen molar-refractivity contribution in [3.8, 4) is 5.75 Å². The summed E-state index contributed by atoms with van der Waals surface area (Å²) in [5.74, 6) is -3.10. The van der Waals surface area contributed by atoms with Crippen molar-refractivity contribution in [1.29, 1.82) is 0 Å². The smallest absolute Gasteiger partial charge is 0.342 e. The summed E-state index contributed by atoms with van der Waals surface area (Å²) < 4.78 is 36.5. The van der Waals surface area contributed by atoms with E-state index in [0.29, 0.717) is 11.1 Å². The average Bonchev–Trinajstić information content (AvgIpc) is 2.57. The number of halogens is 3. The van der Waals surface area contributed by atoms with Gasteiger partial charge in [0.1, 0.15) is 22.9 Å². The molecule has 0 aliphatic heterocycles. The van der Waals surface area contributed by atoms with Crippen molar-refractivity contribution in [2.45, 2.75) is 13.0 Å². The number of anilines is 1. The number of esters is 1. The number of ether oxygens (including phenoxy) is 2. The van der Waals surface area contributed by atoms with Crippen LogP contribution in [0.25, 0.3) is 0 Å². The van der Waals surface area contributed by atoms with Gasteiger partial charge in [0.15, 0.2) is 6.10 Å². The molecule has 0 radical (unpaired) electrons. The van der Waals surface area contributed by atoms with Crippen LogP contribution in [0.1, 0.15) is 17.3 Å². The monoisotopic (exact) mass is 369 g/mol. The Kier molecular flexibility index (Phi) is 5.93. The molecule has 0 saturated carbocycles. The molecule has 2 aromatic rings. The van der Waals surface area contributed by atoms with E-state index in [4.69, 9.17) is 21.1 Å². The van der Waals surface area contributed by atoms with Crippen LogP contribution in [-0.4, -0.2) is 25.1 Å². The van der Waals surface area contributed by atoms with Gasteiger partial charge >= 0.3 is 5.97 Å². The van der Waals surface area contributed by atoms with Crippen molar-refractivity contribution in [3.63, 3.8) is 0 Å².